The molecule has 0 fully saturated rings. The summed E-state index contributed by atoms with van der Waals surface area (Å²) in [5.74, 6) is -1.93. The quantitative estimate of drug-likeness (QED) is 0.517. The van der Waals surface area contributed by atoms with E-state index < -0.39 is 17.6 Å². The van der Waals surface area contributed by atoms with Crippen molar-refractivity contribution in [3.05, 3.63) is 81.6 Å². The molecule has 0 aromatic heterocycles. The Morgan fingerprint density at radius 1 is 0.923 bits per heavy atom. The lowest BCUT2D eigenvalue weighted by Crippen LogP contribution is -2.42. The Bertz CT molecular complexity index is 1000. The van der Waals surface area contributed by atoms with E-state index in [0.717, 1.165) is 28.5 Å². The molecule has 0 atom stereocenters. The van der Waals surface area contributed by atoms with Crippen molar-refractivity contribution in [2.75, 3.05) is 0 Å². The largest absolute Gasteiger partial charge is 0.273 e. The molecule has 3 rings (SSSR count). The Labute approximate surface area is 158 Å². The zero-order chi connectivity index (χ0) is 18.7. The highest BCUT2D eigenvalue weighted by Crippen LogP contribution is 2.24. The van der Waals surface area contributed by atoms with E-state index in [1.165, 1.54) is 0 Å². The molecule has 0 heterocycles. The lowest BCUT2D eigenvalue weighted by Gasteiger charge is -2.10. The molecule has 3 aromatic carbocycles. The summed E-state index contributed by atoms with van der Waals surface area (Å²) in [5.41, 5.74) is 5.22. The van der Waals surface area contributed by atoms with Gasteiger partial charge in [-0.1, -0.05) is 65.7 Å². The molecule has 0 saturated heterocycles. The molecule has 0 bridgehead atoms. The molecule has 26 heavy (non-hydrogen) atoms. The van der Waals surface area contributed by atoms with E-state index in [2.05, 4.69) is 10.9 Å². The summed E-state index contributed by atoms with van der Waals surface area (Å²) in [6.45, 7) is 0. The molecule has 0 aliphatic rings. The number of fused-ring (bicyclic) bond motifs is 1. The van der Waals surface area contributed by atoms with E-state index in [4.69, 9.17) is 23.2 Å². The third kappa shape index (κ3) is 3.95. The fourth-order valence-corrected chi connectivity index (χ4v) is 3.02. The first-order valence-corrected chi connectivity index (χ1v) is 8.41. The Morgan fingerprint density at radius 2 is 1.65 bits per heavy atom. The number of hydrogen-bond donors (Lipinski definition) is 2. The van der Waals surface area contributed by atoms with E-state index in [0.29, 0.717) is 0 Å². The van der Waals surface area contributed by atoms with Crippen LogP contribution >= 0.6 is 23.2 Å². The molecule has 0 unspecified atom stereocenters. The number of carbonyl (C=O) groups excluding carboxylic acids is 2. The lowest BCUT2D eigenvalue weighted by atomic mass is 10.0. The second kappa shape index (κ2) is 7.72. The molecular weight excluding hydrogens is 378 g/mol. The fraction of sp³-hybridized carbons (Fsp3) is 0.0526. The monoisotopic (exact) mass is 390 g/mol. The van der Waals surface area contributed by atoms with Gasteiger partial charge in [-0.25, -0.2) is 4.39 Å². The van der Waals surface area contributed by atoms with Crippen LogP contribution in [-0.4, -0.2) is 11.8 Å². The molecule has 4 nitrogen and oxygen atoms in total. The second-order valence-corrected chi connectivity index (χ2v) is 6.38. The summed E-state index contributed by atoms with van der Waals surface area (Å²) in [6.07, 6.45) is 0.0738. The molecule has 0 aliphatic carbocycles. The highest BCUT2D eigenvalue weighted by atomic mass is 35.5. The van der Waals surface area contributed by atoms with Gasteiger partial charge in [-0.15, -0.1) is 0 Å². The summed E-state index contributed by atoms with van der Waals surface area (Å²) >= 11 is 11.5. The van der Waals surface area contributed by atoms with Crippen LogP contribution in [0.5, 0.6) is 0 Å². The van der Waals surface area contributed by atoms with Crippen molar-refractivity contribution in [3.8, 4) is 0 Å². The maximum atomic E-state index is 13.5. The topological polar surface area (TPSA) is 58.2 Å². The Morgan fingerprint density at radius 3 is 2.46 bits per heavy atom. The molecule has 7 heteroatoms. The van der Waals surface area contributed by atoms with Crippen LogP contribution in [0.4, 0.5) is 4.39 Å². The summed E-state index contributed by atoms with van der Waals surface area (Å²) in [7, 11) is 0. The summed E-state index contributed by atoms with van der Waals surface area (Å²) in [6, 6.07) is 15.4. The number of carbonyl (C=O) groups is 2. The van der Waals surface area contributed by atoms with E-state index in [1.807, 2.05) is 42.5 Å². The van der Waals surface area contributed by atoms with Gasteiger partial charge in [0.15, 0.2) is 0 Å². The van der Waals surface area contributed by atoms with Gasteiger partial charge < -0.3 is 0 Å². The molecule has 0 aliphatic heterocycles. The highest BCUT2D eigenvalue weighted by Gasteiger charge is 2.15. The number of amides is 2. The average Bonchev–Trinajstić information content (AvgIpc) is 2.63. The smallest absolute Gasteiger partial charge is 0.271 e. The first kappa shape index (κ1) is 18.2. The summed E-state index contributed by atoms with van der Waals surface area (Å²) in [4.78, 5) is 24.2. The van der Waals surface area contributed by atoms with Gasteiger partial charge in [0.2, 0.25) is 5.91 Å². The van der Waals surface area contributed by atoms with E-state index in [1.54, 1.807) is 0 Å². The minimum absolute atomic E-state index is 0.0165. The summed E-state index contributed by atoms with van der Waals surface area (Å²) < 4.78 is 13.5. The van der Waals surface area contributed by atoms with Gasteiger partial charge in [0, 0.05) is 0 Å². The molecule has 2 amide bonds. The van der Waals surface area contributed by atoms with Crippen molar-refractivity contribution < 1.29 is 14.0 Å². The van der Waals surface area contributed by atoms with Gasteiger partial charge in [-0.05, 0) is 28.5 Å². The molecule has 0 radical (unpaired) electrons. The Balaban J connectivity index is 1.67. The minimum atomic E-state index is -0.775. The van der Waals surface area contributed by atoms with Crippen molar-refractivity contribution in [2.24, 2.45) is 0 Å². The van der Waals surface area contributed by atoms with Crippen molar-refractivity contribution in [1.82, 2.24) is 10.9 Å². The number of benzene rings is 3. The molecule has 132 valence electrons. The first-order valence-electron chi connectivity index (χ1n) is 7.66. The molecule has 3 aromatic rings. The van der Waals surface area contributed by atoms with Crippen LogP contribution in [0.15, 0.2) is 54.6 Å². The SMILES string of the molecule is O=C(Cc1cccc2ccccc12)NNC(=O)c1cc(F)c(Cl)cc1Cl. The van der Waals surface area contributed by atoms with Crippen LogP contribution in [0.2, 0.25) is 10.0 Å². The van der Waals surface area contributed by atoms with Crippen LogP contribution in [0.25, 0.3) is 10.8 Å². The maximum Gasteiger partial charge on any atom is 0.271 e. The zero-order valence-corrected chi connectivity index (χ0v) is 14.9. The first-order chi connectivity index (χ1) is 12.5. The van der Waals surface area contributed by atoms with Crippen LogP contribution in [0.3, 0.4) is 0 Å². The second-order valence-electron chi connectivity index (χ2n) is 5.56. The fourth-order valence-electron chi connectivity index (χ4n) is 2.55. The van der Waals surface area contributed by atoms with Crippen molar-refractivity contribution in [1.29, 1.82) is 0 Å². The van der Waals surface area contributed by atoms with E-state index >= 15 is 0 Å². The number of rotatable bonds is 3. The van der Waals surface area contributed by atoms with Gasteiger partial charge in [0.1, 0.15) is 5.82 Å². The predicted octanol–water partition coefficient (Wildman–Crippen LogP) is 4.29. The number of nitrogens with one attached hydrogen (secondary N) is 2. The predicted molar refractivity (Wildman–Crippen MR) is 99.7 cm³/mol. The third-order valence-electron chi connectivity index (χ3n) is 3.80. The molecular formula is C19H13Cl2FN2O2. The van der Waals surface area contributed by atoms with Crippen LogP contribution in [0, 0.1) is 5.82 Å². The number of halogens is 3. The molecule has 2 N–H and O–H groups in total. The zero-order valence-electron chi connectivity index (χ0n) is 13.4. The Hall–Kier alpha value is -2.63. The third-order valence-corrected chi connectivity index (χ3v) is 4.40. The molecule has 0 saturated carbocycles. The number of hydrogen-bond acceptors (Lipinski definition) is 2. The van der Waals surface area contributed by atoms with Gasteiger partial charge in [-0.2, -0.15) is 0 Å². The maximum absolute atomic E-state index is 13.5. The highest BCUT2D eigenvalue weighted by molar-refractivity contribution is 6.36. The van der Waals surface area contributed by atoms with Crippen LogP contribution in [0.1, 0.15) is 15.9 Å². The Kier molecular flexibility index (Phi) is 5.40. The van der Waals surface area contributed by atoms with Crippen LogP contribution in [-0.2, 0) is 11.2 Å². The van der Waals surface area contributed by atoms with E-state index in [9.17, 15) is 14.0 Å². The van der Waals surface area contributed by atoms with Crippen LogP contribution < -0.4 is 10.9 Å². The van der Waals surface area contributed by atoms with Gasteiger partial charge in [-0.3, -0.25) is 20.4 Å². The normalized spacial score (nSPS) is 10.6. The standard InChI is InChI=1S/C19H13Cl2FN2O2/c20-15-10-16(21)17(22)9-14(15)19(26)24-23-18(25)8-12-6-3-5-11-4-1-2-7-13(11)12/h1-7,9-10H,8H2,(H,23,25)(H,24,26). The minimum Gasteiger partial charge on any atom is -0.273 e. The van der Waals surface area contributed by atoms with Gasteiger partial charge in [0.05, 0.1) is 22.0 Å². The van der Waals surface area contributed by atoms with Gasteiger partial charge in [0.25, 0.3) is 5.91 Å². The lowest BCUT2D eigenvalue weighted by molar-refractivity contribution is -0.121. The van der Waals surface area contributed by atoms with Crippen molar-refractivity contribution in [3.63, 3.8) is 0 Å². The van der Waals surface area contributed by atoms with Crippen molar-refractivity contribution in [2.45, 2.75) is 6.42 Å². The van der Waals surface area contributed by atoms with Gasteiger partial charge >= 0.3 is 0 Å². The van der Waals surface area contributed by atoms with Crippen molar-refractivity contribution >= 4 is 45.8 Å². The average molecular weight is 391 g/mol. The summed E-state index contributed by atoms with van der Waals surface area (Å²) in [5, 5.41) is 1.77. The van der Waals surface area contributed by atoms with E-state index in [-0.39, 0.29) is 22.0 Å². The number of hydrazine groups is 1. The molecule has 0 spiro atoms.